The van der Waals surface area contributed by atoms with E-state index < -0.39 is 6.03 Å². The first-order valence-corrected chi connectivity index (χ1v) is 9.02. The number of carbonyl (C=O) groups excluding carboxylic acids is 2. The molecule has 0 unspecified atom stereocenters. The molecule has 2 aromatic rings. The molecule has 0 saturated carbocycles. The minimum absolute atomic E-state index is 0.301. The van der Waals surface area contributed by atoms with Gasteiger partial charge in [0.25, 0.3) is 0 Å². The largest absolute Gasteiger partial charge is 0.338 e. The Kier molecular flexibility index (Phi) is 6.32. The molecule has 3 amide bonds. The smallest absolute Gasteiger partial charge is 0.321 e. The normalized spacial score (nSPS) is 15.8. The van der Waals surface area contributed by atoms with Gasteiger partial charge in [-0.15, -0.1) is 0 Å². The van der Waals surface area contributed by atoms with Crippen LogP contribution in [-0.2, 0) is 11.3 Å². The molecule has 1 aromatic carbocycles. The fourth-order valence-corrected chi connectivity index (χ4v) is 2.97. The summed E-state index contributed by atoms with van der Waals surface area (Å²) < 4.78 is 0. The number of urea groups is 1. The number of hydrogen-bond donors (Lipinski definition) is 2. The van der Waals surface area contributed by atoms with Crippen molar-refractivity contribution >= 4 is 17.9 Å². The van der Waals surface area contributed by atoms with E-state index >= 15 is 0 Å². The van der Waals surface area contributed by atoms with Crippen molar-refractivity contribution in [3.05, 3.63) is 54.4 Å². The van der Waals surface area contributed by atoms with Crippen molar-refractivity contribution in [3.8, 4) is 0 Å². The lowest BCUT2D eigenvalue weighted by molar-refractivity contribution is -0.124. The van der Waals surface area contributed by atoms with Gasteiger partial charge < -0.3 is 10.2 Å². The number of hydrogen-bond acceptors (Lipinski definition) is 6. The van der Waals surface area contributed by atoms with E-state index in [1.807, 2.05) is 37.3 Å². The topological polar surface area (TPSA) is 90.5 Å². The van der Waals surface area contributed by atoms with Crippen molar-refractivity contribution < 1.29 is 9.59 Å². The highest BCUT2D eigenvalue weighted by Crippen LogP contribution is 2.11. The summed E-state index contributed by atoms with van der Waals surface area (Å²) in [6.45, 7) is 5.08. The summed E-state index contributed by atoms with van der Waals surface area (Å²) in [7, 11) is 0. The SMILES string of the molecule is C[C@@H](C(=O)NC(=O)NCc1ccccc1)N1CCN(c2ncccn2)CC1. The van der Waals surface area contributed by atoms with Crippen LogP contribution in [0.2, 0.25) is 0 Å². The van der Waals surface area contributed by atoms with E-state index in [-0.39, 0.29) is 11.9 Å². The molecule has 8 heteroatoms. The Morgan fingerprint density at radius 2 is 1.70 bits per heavy atom. The van der Waals surface area contributed by atoms with Gasteiger partial charge in [0, 0.05) is 45.1 Å². The lowest BCUT2D eigenvalue weighted by atomic mass is 10.2. The number of nitrogens with zero attached hydrogens (tertiary/aromatic N) is 4. The monoisotopic (exact) mass is 368 g/mol. The van der Waals surface area contributed by atoms with Crippen LogP contribution in [0, 0.1) is 0 Å². The molecular weight excluding hydrogens is 344 g/mol. The second kappa shape index (κ2) is 9.09. The van der Waals surface area contributed by atoms with Crippen LogP contribution in [0.25, 0.3) is 0 Å². The first kappa shape index (κ1) is 18.8. The van der Waals surface area contributed by atoms with Gasteiger partial charge in [0.1, 0.15) is 0 Å². The van der Waals surface area contributed by atoms with Crippen LogP contribution in [0.1, 0.15) is 12.5 Å². The van der Waals surface area contributed by atoms with Gasteiger partial charge in [0.15, 0.2) is 0 Å². The summed E-state index contributed by atoms with van der Waals surface area (Å²) in [6, 6.07) is 10.5. The average Bonchev–Trinajstić information content (AvgIpc) is 2.73. The third-order valence-corrected chi connectivity index (χ3v) is 4.61. The molecule has 8 nitrogen and oxygen atoms in total. The highest BCUT2D eigenvalue weighted by atomic mass is 16.2. The Labute approximate surface area is 158 Å². The zero-order valence-corrected chi connectivity index (χ0v) is 15.3. The molecule has 27 heavy (non-hydrogen) atoms. The van der Waals surface area contributed by atoms with Crippen molar-refractivity contribution in [1.29, 1.82) is 0 Å². The number of aromatic nitrogens is 2. The number of benzene rings is 1. The van der Waals surface area contributed by atoms with E-state index in [0.29, 0.717) is 25.6 Å². The average molecular weight is 368 g/mol. The van der Waals surface area contributed by atoms with E-state index in [0.717, 1.165) is 18.7 Å². The Balaban J connectivity index is 1.43. The molecule has 1 saturated heterocycles. The van der Waals surface area contributed by atoms with Crippen molar-refractivity contribution in [1.82, 2.24) is 25.5 Å². The summed E-state index contributed by atoms with van der Waals surface area (Å²) in [5.41, 5.74) is 0.979. The summed E-state index contributed by atoms with van der Waals surface area (Å²) in [5.74, 6) is 0.402. The molecule has 1 fully saturated rings. The fraction of sp³-hybridized carbons (Fsp3) is 0.368. The van der Waals surface area contributed by atoms with Crippen LogP contribution in [0.4, 0.5) is 10.7 Å². The van der Waals surface area contributed by atoms with Crippen molar-refractivity contribution in [2.24, 2.45) is 0 Å². The maximum atomic E-state index is 12.4. The summed E-state index contributed by atoms with van der Waals surface area (Å²) in [5, 5.41) is 5.12. The quantitative estimate of drug-likeness (QED) is 0.819. The molecule has 1 aliphatic heterocycles. The van der Waals surface area contributed by atoms with Gasteiger partial charge in [0.05, 0.1) is 6.04 Å². The Morgan fingerprint density at radius 1 is 1.04 bits per heavy atom. The lowest BCUT2D eigenvalue weighted by Crippen LogP contribution is -2.55. The standard InChI is InChI=1S/C19H24N6O2/c1-15(17(26)23-19(27)22-14-16-6-3-2-4-7-16)24-10-12-25(13-11-24)18-20-8-5-9-21-18/h2-9,15H,10-14H2,1H3,(H2,22,23,26,27)/t15-/m0/s1. The maximum Gasteiger partial charge on any atom is 0.321 e. The molecule has 0 spiro atoms. The predicted octanol–water partition coefficient (Wildman–Crippen LogP) is 1.01. The van der Waals surface area contributed by atoms with Gasteiger partial charge in [-0.25, -0.2) is 14.8 Å². The lowest BCUT2D eigenvalue weighted by Gasteiger charge is -2.37. The Bertz CT molecular complexity index is 747. The molecule has 142 valence electrons. The van der Waals surface area contributed by atoms with Gasteiger partial charge in [-0.1, -0.05) is 30.3 Å². The zero-order chi connectivity index (χ0) is 19.1. The highest BCUT2D eigenvalue weighted by molar-refractivity contribution is 5.96. The zero-order valence-electron chi connectivity index (χ0n) is 15.3. The highest BCUT2D eigenvalue weighted by Gasteiger charge is 2.27. The van der Waals surface area contributed by atoms with E-state index in [2.05, 4.69) is 30.4 Å². The van der Waals surface area contributed by atoms with Crippen molar-refractivity contribution in [3.63, 3.8) is 0 Å². The van der Waals surface area contributed by atoms with Gasteiger partial charge in [-0.05, 0) is 18.6 Å². The second-order valence-electron chi connectivity index (χ2n) is 6.41. The molecule has 1 atom stereocenters. The fourth-order valence-electron chi connectivity index (χ4n) is 2.97. The molecule has 0 bridgehead atoms. The molecule has 2 heterocycles. The van der Waals surface area contributed by atoms with Crippen LogP contribution in [-0.4, -0.2) is 59.0 Å². The number of piperazine rings is 1. The molecule has 0 radical (unpaired) electrons. The number of carbonyl (C=O) groups is 2. The number of amides is 3. The number of nitrogens with one attached hydrogen (secondary N) is 2. The van der Waals surface area contributed by atoms with Crippen molar-refractivity contribution in [2.75, 3.05) is 31.1 Å². The van der Waals surface area contributed by atoms with E-state index in [9.17, 15) is 9.59 Å². The van der Waals surface area contributed by atoms with E-state index in [1.165, 1.54) is 0 Å². The molecule has 2 N–H and O–H groups in total. The van der Waals surface area contributed by atoms with E-state index in [1.54, 1.807) is 18.5 Å². The second-order valence-corrected chi connectivity index (χ2v) is 6.41. The van der Waals surface area contributed by atoms with Crippen LogP contribution >= 0.6 is 0 Å². The maximum absolute atomic E-state index is 12.4. The summed E-state index contributed by atoms with van der Waals surface area (Å²) in [6.07, 6.45) is 3.44. The number of rotatable bonds is 5. The van der Waals surface area contributed by atoms with E-state index in [4.69, 9.17) is 0 Å². The number of imide groups is 1. The Hall–Kier alpha value is -3.00. The van der Waals surface area contributed by atoms with Gasteiger partial charge in [-0.3, -0.25) is 15.0 Å². The molecule has 1 aliphatic rings. The molecule has 1 aromatic heterocycles. The van der Waals surface area contributed by atoms with Crippen molar-refractivity contribution in [2.45, 2.75) is 19.5 Å². The summed E-state index contributed by atoms with van der Waals surface area (Å²) in [4.78, 5) is 37.0. The van der Waals surface area contributed by atoms with Crippen LogP contribution in [0.3, 0.4) is 0 Å². The Morgan fingerprint density at radius 3 is 2.37 bits per heavy atom. The third kappa shape index (κ3) is 5.24. The third-order valence-electron chi connectivity index (χ3n) is 4.61. The minimum Gasteiger partial charge on any atom is -0.338 e. The molecule has 0 aliphatic carbocycles. The molecule has 3 rings (SSSR count). The van der Waals surface area contributed by atoms with Gasteiger partial charge in [0.2, 0.25) is 11.9 Å². The first-order valence-electron chi connectivity index (χ1n) is 9.02. The van der Waals surface area contributed by atoms with Crippen LogP contribution < -0.4 is 15.5 Å². The van der Waals surface area contributed by atoms with Gasteiger partial charge >= 0.3 is 6.03 Å². The van der Waals surface area contributed by atoms with Gasteiger partial charge in [-0.2, -0.15) is 0 Å². The van der Waals surface area contributed by atoms with Crippen LogP contribution in [0.5, 0.6) is 0 Å². The minimum atomic E-state index is -0.480. The number of anilines is 1. The first-order chi connectivity index (χ1) is 13.1. The summed E-state index contributed by atoms with van der Waals surface area (Å²) >= 11 is 0. The van der Waals surface area contributed by atoms with Crippen LogP contribution in [0.15, 0.2) is 48.8 Å². The predicted molar refractivity (Wildman–Crippen MR) is 102 cm³/mol. The molecular formula is C19H24N6O2.